The van der Waals surface area contributed by atoms with Crippen molar-refractivity contribution in [1.82, 2.24) is 5.32 Å². The number of nitrogens with one attached hydrogen (secondary N) is 1. The topological polar surface area (TPSA) is 46.2 Å². The Kier molecular flexibility index (Phi) is 6.59. The molecule has 1 aromatic carbocycles. The highest BCUT2D eigenvalue weighted by Gasteiger charge is 2.13. The Morgan fingerprint density at radius 3 is 2.67 bits per heavy atom. The summed E-state index contributed by atoms with van der Waals surface area (Å²) >= 11 is 2.28. The van der Waals surface area contributed by atoms with Crippen LogP contribution in [0.4, 0.5) is 0 Å². The number of benzene rings is 1. The van der Waals surface area contributed by atoms with Crippen LogP contribution in [0.3, 0.4) is 0 Å². The van der Waals surface area contributed by atoms with Crippen LogP contribution < -0.4 is 5.32 Å². The maximum absolute atomic E-state index is 11.3. The van der Waals surface area contributed by atoms with E-state index >= 15 is 0 Å². The summed E-state index contributed by atoms with van der Waals surface area (Å²) in [6.07, 6.45) is 2.96. The fourth-order valence-electron chi connectivity index (χ4n) is 1.76. The minimum atomic E-state index is -2.90. The van der Waals surface area contributed by atoms with Gasteiger partial charge in [-0.2, -0.15) is 0 Å². The van der Waals surface area contributed by atoms with Crippen LogP contribution in [0.5, 0.6) is 0 Å². The van der Waals surface area contributed by atoms with E-state index in [0.717, 1.165) is 13.0 Å². The van der Waals surface area contributed by atoms with Gasteiger partial charge in [-0.25, -0.2) is 8.42 Å². The summed E-state index contributed by atoms with van der Waals surface area (Å²) in [6.45, 7) is 3.01. The molecule has 0 saturated carbocycles. The van der Waals surface area contributed by atoms with E-state index in [1.54, 1.807) is 0 Å². The molecular weight excluding hydrogens is 361 g/mol. The molecule has 0 fully saturated rings. The zero-order valence-electron chi connectivity index (χ0n) is 10.8. The first-order valence-electron chi connectivity index (χ1n) is 6.09. The van der Waals surface area contributed by atoms with Crippen molar-refractivity contribution in [2.24, 2.45) is 0 Å². The number of rotatable bonds is 7. The van der Waals surface area contributed by atoms with Crippen LogP contribution in [0.2, 0.25) is 0 Å². The predicted octanol–water partition coefficient (Wildman–Crippen LogP) is 2.77. The van der Waals surface area contributed by atoms with Gasteiger partial charge in [0, 0.05) is 15.9 Å². The van der Waals surface area contributed by atoms with Crippen molar-refractivity contribution < 1.29 is 8.42 Å². The van der Waals surface area contributed by atoms with Crippen molar-refractivity contribution in [1.29, 1.82) is 0 Å². The second kappa shape index (κ2) is 7.45. The molecular formula is C13H20INO2S. The number of sulfone groups is 1. The van der Waals surface area contributed by atoms with Crippen molar-refractivity contribution in [2.75, 3.05) is 18.6 Å². The SMILES string of the molecule is CCCNC(CCS(C)(=O)=O)c1cccc(I)c1. The van der Waals surface area contributed by atoms with Gasteiger partial charge in [-0.15, -0.1) is 0 Å². The molecule has 0 amide bonds. The molecule has 1 rings (SSSR count). The molecule has 1 N–H and O–H groups in total. The van der Waals surface area contributed by atoms with Crippen molar-refractivity contribution in [2.45, 2.75) is 25.8 Å². The standard InChI is InChI=1S/C13H20INO2S/c1-3-8-15-13(7-9-18(2,16)17)11-5-4-6-12(14)10-11/h4-6,10,13,15H,3,7-9H2,1-2H3. The summed E-state index contributed by atoms with van der Waals surface area (Å²) in [5.74, 6) is 0.222. The highest BCUT2D eigenvalue weighted by molar-refractivity contribution is 14.1. The third-order valence-electron chi connectivity index (χ3n) is 2.67. The largest absolute Gasteiger partial charge is 0.310 e. The molecule has 0 aliphatic rings. The summed E-state index contributed by atoms with van der Waals surface area (Å²) in [4.78, 5) is 0. The summed E-state index contributed by atoms with van der Waals surface area (Å²) in [6, 6.07) is 8.33. The summed E-state index contributed by atoms with van der Waals surface area (Å²) in [5, 5.41) is 3.42. The maximum Gasteiger partial charge on any atom is 0.147 e. The third-order valence-corrected chi connectivity index (χ3v) is 4.32. The van der Waals surface area contributed by atoms with Crippen LogP contribution >= 0.6 is 22.6 Å². The van der Waals surface area contributed by atoms with Crippen molar-refractivity contribution in [3.63, 3.8) is 0 Å². The Morgan fingerprint density at radius 1 is 1.39 bits per heavy atom. The van der Waals surface area contributed by atoms with E-state index in [9.17, 15) is 8.42 Å². The molecule has 0 saturated heterocycles. The Morgan fingerprint density at radius 2 is 2.11 bits per heavy atom. The van der Waals surface area contributed by atoms with Gasteiger partial charge in [0.25, 0.3) is 0 Å². The van der Waals surface area contributed by atoms with Gasteiger partial charge in [0.2, 0.25) is 0 Å². The Hall–Kier alpha value is -0.140. The molecule has 5 heteroatoms. The van der Waals surface area contributed by atoms with E-state index in [-0.39, 0.29) is 11.8 Å². The van der Waals surface area contributed by atoms with Crippen molar-refractivity contribution in [3.8, 4) is 0 Å². The van der Waals surface area contributed by atoms with Gasteiger partial charge in [0.1, 0.15) is 9.84 Å². The molecule has 1 aromatic rings. The van der Waals surface area contributed by atoms with Gasteiger partial charge in [-0.05, 0) is 59.7 Å². The van der Waals surface area contributed by atoms with E-state index in [1.165, 1.54) is 15.4 Å². The lowest BCUT2D eigenvalue weighted by atomic mass is 10.0. The van der Waals surface area contributed by atoms with E-state index in [2.05, 4.69) is 47.0 Å². The van der Waals surface area contributed by atoms with Crippen LogP contribution in [0.1, 0.15) is 31.4 Å². The minimum Gasteiger partial charge on any atom is -0.310 e. The molecule has 0 spiro atoms. The second-order valence-electron chi connectivity index (χ2n) is 4.48. The number of halogens is 1. The first kappa shape index (κ1) is 15.9. The van der Waals surface area contributed by atoms with E-state index in [1.807, 2.05) is 12.1 Å². The maximum atomic E-state index is 11.3. The zero-order valence-corrected chi connectivity index (χ0v) is 13.8. The first-order valence-corrected chi connectivity index (χ1v) is 9.23. The highest BCUT2D eigenvalue weighted by atomic mass is 127. The number of hydrogen-bond acceptors (Lipinski definition) is 3. The van der Waals surface area contributed by atoms with Crippen LogP contribution in [0.25, 0.3) is 0 Å². The molecule has 0 bridgehead atoms. The van der Waals surface area contributed by atoms with E-state index < -0.39 is 9.84 Å². The quantitative estimate of drug-likeness (QED) is 0.739. The predicted molar refractivity (Wildman–Crippen MR) is 84.5 cm³/mol. The highest BCUT2D eigenvalue weighted by Crippen LogP contribution is 2.19. The Bertz CT molecular complexity index is 474. The fraction of sp³-hybridized carbons (Fsp3) is 0.538. The zero-order chi connectivity index (χ0) is 13.6. The molecule has 0 radical (unpaired) electrons. The van der Waals surface area contributed by atoms with E-state index in [0.29, 0.717) is 6.42 Å². The second-order valence-corrected chi connectivity index (χ2v) is 7.99. The molecule has 1 unspecified atom stereocenters. The molecule has 0 aliphatic carbocycles. The lowest BCUT2D eigenvalue weighted by Crippen LogP contribution is -2.24. The van der Waals surface area contributed by atoms with Gasteiger partial charge in [-0.3, -0.25) is 0 Å². The minimum absolute atomic E-state index is 0.120. The van der Waals surface area contributed by atoms with Gasteiger partial charge < -0.3 is 5.32 Å². The van der Waals surface area contributed by atoms with Crippen molar-refractivity contribution in [3.05, 3.63) is 33.4 Å². The lowest BCUT2D eigenvalue weighted by molar-refractivity contribution is 0.513. The first-order chi connectivity index (χ1) is 8.42. The van der Waals surface area contributed by atoms with Crippen LogP contribution in [0.15, 0.2) is 24.3 Å². The number of hydrogen-bond donors (Lipinski definition) is 1. The van der Waals surface area contributed by atoms with Crippen LogP contribution in [0, 0.1) is 3.57 Å². The third kappa shape index (κ3) is 6.15. The van der Waals surface area contributed by atoms with Crippen molar-refractivity contribution >= 4 is 32.4 Å². The molecule has 3 nitrogen and oxygen atoms in total. The Labute approximate surface area is 123 Å². The smallest absolute Gasteiger partial charge is 0.147 e. The summed E-state index contributed by atoms with van der Waals surface area (Å²) in [7, 11) is -2.90. The van der Waals surface area contributed by atoms with Gasteiger partial charge >= 0.3 is 0 Å². The molecule has 0 heterocycles. The van der Waals surface area contributed by atoms with Gasteiger partial charge in [-0.1, -0.05) is 19.1 Å². The summed E-state index contributed by atoms with van der Waals surface area (Å²) < 4.78 is 23.7. The van der Waals surface area contributed by atoms with E-state index in [4.69, 9.17) is 0 Å². The average molecular weight is 381 g/mol. The van der Waals surface area contributed by atoms with Crippen LogP contribution in [-0.4, -0.2) is 27.0 Å². The fourth-order valence-corrected chi connectivity index (χ4v) is 2.99. The van der Waals surface area contributed by atoms with Crippen LogP contribution in [-0.2, 0) is 9.84 Å². The average Bonchev–Trinajstić information content (AvgIpc) is 2.28. The van der Waals surface area contributed by atoms with Gasteiger partial charge in [0.05, 0.1) is 5.75 Å². The molecule has 18 heavy (non-hydrogen) atoms. The summed E-state index contributed by atoms with van der Waals surface area (Å²) in [5.41, 5.74) is 1.17. The monoisotopic (exact) mass is 381 g/mol. The van der Waals surface area contributed by atoms with Gasteiger partial charge in [0.15, 0.2) is 0 Å². The molecule has 0 aromatic heterocycles. The molecule has 1 atom stereocenters. The normalized spacial score (nSPS) is 13.5. The lowest BCUT2D eigenvalue weighted by Gasteiger charge is -2.19. The molecule has 102 valence electrons. The Balaban J connectivity index is 2.77. The molecule has 0 aliphatic heterocycles.